The highest BCUT2D eigenvalue weighted by Crippen LogP contribution is 2.32. The molecule has 8 rings (SSSR count). The van der Waals surface area contributed by atoms with E-state index in [0.29, 0.717) is 16.5 Å². The third-order valence-electron chi connectivity index (χ3n) is 15.0. The van der Waals surface area contributed by atoms with Crippen molar-refractivity contribution >= 4 is 0 Å². The molecule has 424 valence electrons. The molecule has 4 aromatic heterocycles. The first-order valence-electron chi connectivity index (χ1n) is 32.4. The zero-order valence-electron chi connectivity index (χ0n) is 60.3. The molecule has 0 N–H and O–H groups in total. The second-order valence-electron chi connectivity index (χ2n) is 26.0. The van der Waals surface area contributed by atoms with Crippen molar-refractivity contribution in [2.45, 2.75) is 169 Å². The molecule has 0 saturated heterocycles. The number of rotatable bonds is 10. The summed E-state index contributed by atoms with van der Waals surface area (Å²) in [6, 6.07) is 43.6. The van der Waals surface area contributed by atoms with E-state index in [9.17, 15) is 0 Å². The van der Waals surface area contributed by atoms with Crippen molar-refractivity contribution in [1.82, 2.24) is 0 Å². The molecule has 80 heavy (non-hydrogen) atoms. The lowest BCUT2D eigenvalue weighted by molar-refractivity contribution is -0.661. The molecular weight excluding hydrogens is 969 g/mol. The monoisotopic (exact) mass is 1080 g/mol. The minimum absolute atomic E-state index is 0.280. The highest BCUT2D eigenvalue weighted by molar-refractivity contribution is 5.64. The van der Waals surface area contributed by atoms with E-state index in [-0.39, 0.29) is 5.41 Å². The smallest absolute Gasteiger partial charge is 0.201 e. The van der Waals surface area contributed by atoms with E-state index in [0.717, 1.165) is 40.1 Å². The molecule has 4 heterocycles. The van der Waals surface area contributed by atoms with Gasteiger partial charge in [0.1, 0.15) is 28.2 Å². The zero-order valence-corrected chi connectivity index (χ0v) is 53.3. The van der Waals surface area contributed by atoms with E-state index in [4.69, 9.17) is 9.60 Å². The van der Waals surface area contributed by atoms with Gasteiger partial charge in [-0.2, -0.15) is 0 Å². The number of nitrogens with zero attached hydrogens (tertiary/aromatic N) is 4. The lowest BCUT2D eigenvalue weighted by atomic mass is 9.78. The summed E-state index contributed by atoms with van der Waals surface area (Å²) in [4.78, 5) is 0. The molecule has 4 heteroatoms. The topological polar surface area (TPSA) is 15.5 Å². The molecule has 0 fully saturated rings. The minimum atomic E-state index is -2.11. The summed E-state index contributed by atoms with van der Waals surface area (Å²) < 4.78 is 64.9. The van der Waals surface area contributed by atoms with Gasteiger partial charge >= 0.3 is 0 Å². The summed E-state index contributed by atoms with van der Waals surface area (Å²) in [5, 5.41) is 0. The predicted octanol–water partition coefficient (Wildman–Crippen LogP) is 17.7. The maximum absolute atomic E-state index is 8.53. The molecule has 0 radical (unpaired) electrons. The van der Waals surface area contributed by atoms with E-state index in [2.05, 4.69) is 190 Å². The molecule has 0 aliphatic carbocycles. The number of hydrogen-bond acceptors (Lipinski definition) is 0. The Kier molecular flexibility index (Phi) is 18.5. The molecule has 0 aliphatic heterocycles. The standard InChI is InChI=1S/4C19H26N/c2*1-14-7-9-17(15(2)11-14)18-10-8-16(13-20(18)6)12-19(3,4)5;1-14-9-7-8-10-17(14)18-11-15(2)16(13-20(18)6)12-19(3,4)5;1-6-19(4,7-2)16-12-13-18(20(5)14-16)17-11-9-8-10-15(17)3/h3*7-11,13H,12H2,1-6H3;8-14H,6-7H2,1-5H3/q4*+1/i1D3,12D2;;12D2;. The van der Waals surface area contributed by atoms with Gasteiger partial charge in [0.2, 0.25) is 22.8 Å². The van der Waals surface area contributed by atoms with Gasteiger partial charge in [0.05, 0.1) is 0 Å². The van der Waals surface area contributed by atoms with Crippen LogP contribution in [0.5, 0.6) is 0 Å². The molecule has 8 aromatic rings. The Labute approximate surface area is 497 Å². The SMILES string of the molecule is CCC(C)(CC)c1ccc(-c2ccccc2C)[n+](C)c1.Cc1ccc(-c2ccc(CC(C)(C)C)c[n+]2C)c(C)c1.[2H]C([2H])([2H])c1ccc(-c2ccc(C([2H])([2H])C(C)(C)C)c[n+]2C)c(C)c1.[2H]C([2H])(c1c[n+](C)c(-c2ccccc2C)cc1C)C(C)(C)C. The third kappa shape index (κ3) is 18.3. The fourth-order valence-corrected chi connectivity index (χ4v) is 10.3. The van der Waals surface area contributed by atoms with Gasteiger partial charge in [-0.1, -0.05) is 155 Å². The van der Waals surface area contributed by atoms with E-state index in [1.165, 1.54) is 74.3 Å². The van der Waals surface area contributed by atoms with Crippen LogP contribution in [0.25, 0.3) is 45.0 Å². The molecular formula is C76H104N4+4. The van der Waals surface area contributed by atoms with Gasteiger partial charge in [-0.25, -0.2) is 18.3 Å². The highest BCUT2D eigenvalue weighted by atomic mass is 14.9. The summed E-state index contributed by atoms with van der Waals surface area (Å²) in [7, 11) is 8.16. The molecule has 4 aromatic carbocycles. The molecule has 0 spiro atoms. The average molecular weight is 1080 g/mol. The number of pyridine rings is 4. The predicted molar refractivity (Wildman–Crippen MR) is 343 cm³/mol. The maximum Gasteiger partial charge on any atom is 0.212 e. The number of aromatic nitrogens is 4. The van der Waals surface area contributed by atoms with Crippen molar-refractivity contribution in [2.24, 2.45) is 44.4 Å². The average Bonchev–Trinajstić information content (AvgIpc) is 1.15. The van der Waals surface area contributed by atoms with Gasteiger partial charge in [-0.3, -0.25) is 0 Å². The van der Waals surface area contributed by atoms with Crippen LogP contribution < -0.4 is 18.3 Å². The minimum Gasteiger partial charge on any atom is -0.201 e. The lowest BCUT2D eigenvalue weighted by Crippen LogP contribution is -2.34. The van der Waals surface area contributed by atoms with Crippen LogP contribution in [0.4, 0.5) is 0 Å². The Balaban J connectivity index is 0.000000212. The second-order valence-corrected chi connectivity index (χ2v) is 26.0. The summed E-state index contributed by atoms with van der Waals surface area (Å²) in [6.45, 7) is 35.6. The Morgan fingerprint density at radius 2 is 0.812 bits per heavy atom. The highest BCUT2D eigenvalue weighted by Gasteiger charge is 2.26. The molecule has 0 amide bonds. The molecule has 4 nitrogen and oxygen atoms in total. The van der Waals surface area contributed by atoms with E-state index < -0.39 is 30.4 Å². The van der Waals surface area contributed by atoms with E-state index >= 15 is 0 Å². The van der Waals surface area contributed by atoms with Gasteiger partial charge in [0.15, 0.2) is 24.8 Å². The Morgan fingerprint density at radius 1 is 0.388 bits per heavy atom. The van der Waals surface area contributed by atoms with Crippen molar-refractivity contribution in [3.05, 3.63) is 213 Å². The summed E-state index contributed by atoms with van der Waals surface area (Å²) in [6.07, 6.45) is 8.95. The fourth-order valence-electron chi connectivity index (χ4n) is 10.3. The van der Waals surface area contributed by atoms with Crippen LogP contribution >= 0.6 is 0 Å². The van der Waals surface area contributed by atoms with Crippen LogP contribution in [0, 0.1) is 64.6 Å². The summed E-state index contributed by atoms with van der Waals surface area (Å²) >= 11 is 0. The maximum atomic E-state index is 8.53. The van der Waals surface area contributed by atoms with Gasteiger partial charge in [0.25, 0.3) is 0 Å². The van der Waals surface area contributed by atoms with Crippen LogP contribution in [0.1, 0.15) is 167 Å². The Bertz CT molecular complexity index is 3660. The fraction of sp³-hybridized carbons (Fsp3) is 0.421. The summed E-state index contributed by atoms with van der Waals surface area (Å²) in [5.74, 6) is 0. The van der Waals surface area contributed by atoms with Crippen molar-refractivity contribution < 1.29 is 27.9 Å². The van der Waals surface area contributed by atoms with E-state index in [1.54, 1.807) is 12.1 Å². The van der Waals surface area contributed by atoms with Gasteiger partial charge in [0, 0.05) is 78.4 Å². The summed E-state index contributed by atoms with van der Waals surface area (Å²) in [5.41, 5.74) is 20.6. The first kappa shape index (κ1) is 54.1. The number of hydrogen-bond donors (Lipinski definition) is 0. The van der Waals surface area contributed by atoms with Crippen LogP contribution in [-0.4, -0.2) is 0 Å². The Hall–Kier alpha value is -6.52. The second kappa shape index (κ2) is 27.3. The number of aryl methyl sites for hydroxylation is 11. The van der Waals surface area contributed by atoms with Crippen LogP contribution in [-0.2, 0) is 52.8 Å². The molecule has 0 unspecified atom stereocenters. The molecule has 0 saturated carbocycles. The molecule has 0 aliphatic rings. The first-order valence-corrected chi connectivity index (χ1v) is 28.9. The van der Waals surface area contributed by atoms with Crippen LogP contribution in [0.2, 0.25) is 0 Å². The Morgan fingerprint density at radius 3 is 1.26 bits per heavy atom. The van der Waals surface area contributed by atoms with Crippen molar-refractivity contribution in [3.63, 3.8) is 0 Å². The van der Waals surface area contributed by atoms with Gasteiger partial charge < -0.3 is 0 Å². The lowest BCUT2D eigenvalue weighted by Gasteiger charge is -2.26. The van der Waals surface area contributed by atoms with Crippen LogP contribution in [0.3, 0.4) is 0 Å². The van der Waals surface area contributed by atoms with Crippen LogP contribution in [0.15, 0.2) is 152 Å². The molecule has 0 bridgehead atoms. The number of benzene rings is 4. The quantitative estimate of drug-likeness (QED) is 0.121. The zero-order chi connectivity index (χ0) is 65.6. The van der Waals surface area contributed by atoms with Gasteiger partial charge in [-0.05, 0) is 172 Å². The first-order chi connectivity index (χ1) is 40.1. The van der Waals surface area contributed by atoms with Crippen molar-refractivity contribution in [2.75, 3.05) is 0 Å². The van der Waals surface area contributed by atoms with Gasteiger partial charge in [-0.15, -0.1) is 0 Å². The largest absolute Gasteiger partial charge is 0.212 e. The molecule has 0 atom stereocenters. The van der Waals surface area contributed by atoms with Crippen molar-refractivity contribution in [1.29, 1.82) is 0 Å². The van der Waals surface area contributed by atoms with Crippen molar-refractivity contribution in [3.8, 4) is 45.0 Å². The van der Waals surface area contributed by atoms with E-state index in [1.807, 2.05) is 121 Å². The normalized spacial score (nSPS) is 13.5. The third-order valence-corrected chi connectivity index (χ3v) is 15.0.